The van der Waals surface area contributed by atoms with Crippen molar-refractivity contribution < 1.29 is 24.5 Å². The Morgan fingerprint density at radius 1 is 0.872 bits per heavy atom. The number of carbonyl (C=O) groups is 1. The molecule has 0 spiro atoms. The Morgan fingerprint density at radius 2 is 1.56 bits per heavy atom. The average Bonchev–Trinajstić information content (AvgIpc) is 2.94. The van der Waals surface area contributed by atoms with Crippen LogP contribution in [0.25, 0.3) is 5.57 Å². The molecule has 0 saturated carbocycles. The molecule has 3 aromatic carbocycles. The average molecular weight is 534 g/mol. The summed E-state index contributed by atoms with van der Waals surface area (Å²) in [6.07, 6.45) is 4.05. The van der Waals surface area contributed by atoms with Crippen LogP contribution in [0.15, 0.2) is 78.9 Å². The number of nitrogens with one attached hydrogen (secondary N) is 1. The maximum Gasteiger partial charge on any atom is 0.127 e. The first kappa shape index (κ1) is 31.8. The largest absolute Gasteiger partial charge is 0.493 e. The van der Waals surface area contributed by atoms with E-state index in [0.29, 0.717) is 19.6 Å². The lowest BCUT2D eigenvalue weighted by Gasteiger charge is -2.22. The summed E-state index contributed by atoms with van der Waals surface area (Å²) in [5.74, 6) is 1.63. The van der Waals surface area contributed by atoms with Crippen LogP contribution in [0.1, 0.15) is 49.4 Å². The molecular weight excluding hydrogens is 490 g/mol. The third-order valence-electron chi connectivity index (χ3n) is 6.00. The van der Waals surface area contributed by atoms with Gasteiger partial charge in [-0.1, -0.05) is 54.6 Å². The smallest absolute Gasteiger partial charge is 0.127 e. The van der Waals surface area contributed by atoms with Crippen molar-refractivity contribution in [1.82, 2.24) is 5.32 Å². The van der Waals surface area contributed by atoms with Crippen molar-refractivity contribution in [2.75, 3.05) is 26.4 Å². The summed E-state index contributed by atoms with van der Waals surface area (Å²) in [6, 6.07) is 24.3. The third-order valence-corrected chi connectivity index (χ3v) is 6.00. The summed E-state index contributed by atoms with van der Waals surface area (Å²) in [7, 11) is 0. The SMILES string of the molecule is C=O.CC(C)(C)NCC/C(=C\CO)c1cc(CCOc2ccc(CCO)cc2)ccc1OCc1ccccc1. The van der Waals surface area contributed by atoms with Crippen LogP contribution in [0, 0.1) is 0 Å². The fraction of sp³-hybridized carbons (Fsp3) is 0.364. The quantitative estimate of drug-likeness (QED) is 0.258. The fourth-order valence-electron chi connectivity index (χ4n) is 4.04. The van der Waals surface area contributed by atoms with Gasteiger partial charge in [0.1, 0.15) is 24.9 Å². The van der Waals surface area contributed by atoms with Crippen LogP contribution < -0.4 is 14.8 Å². The highest BCUT2D eigenvalue weighted by Crippen LogP contribution is 2.31. The second kappa shape index (κ2) is 17.2. The summed E-state index contributed by atoms with van der Waals surface area (Å²) in [4.78, 5) is 8.00. The van der Waals surface area contributed by atoms with Gasteiger partial charge in [-0.2, -0.15) is 0 Å². The lowest BCUT2D eigenvalue weighted by molar-refractivity contribution is -0.0980. The van der Waals surface area contributed by atoms with E-state index in [1.807, 2.05) is 61.4 Å². The molecule has 0 saturated heterocycles. The fourth-order valence-corrected chi connectivity index (χ4v) is 4.04. The van der Waals surface area contributed by atoms with Crippen molar-refractivity contribution in [3.8, 4) is 11.5 Å². The number of aliphatic hydroxyl groups is 2. The van der Waals surface area contributed by atoms with E-state index in [9.17, 15) is 5.11 Å². The summed E-state index contributed by atoms with van der Waals surface area (Å²) in [5, 5.41) is 22.4. The van der Waals surface area contributed by atoms with Gasteiger partial charge in [-0.25, -0.2) is 0 Å². The molecule has 0 aliphatic carbocycles. The van der Waals surface area contributed by atoms with Gasteiger partial charge in [0, 0.05) is 24.1 Å². The number of rotatable bonds is 14. The molecule has 0 heterocycles. The number of benzene rings is 3. The summed E-state index contributed by atoms with van der Waals surface area (Å²) in [5.41, 5.74) is 5.43. The zero-order valence-electron chi connectivity index (χ0n) is 23.5. The van der Waals surface area contributed by atoms with E-state index in [4.69, 9.17) is 19.4 Å². The molecule has 3 aromatic rings. The van der Waals surface area contributed by atoms with E-state index < -0.39 is 0 Å². The van der Waals surface area contributed by atoms with Crippen molar-refractivity contribution in [3.63, 3.8) is 0 Å². The second-order valence-electron chi connectivity index (χ2n) is 10.2. The minimum Gasteiger partial charge on any atom is -0.493 e. The predicted octanol–water partition coefficient (Wildman–Crippen LogP) is 5.39. The normalized spacial score (nSPS) is 11.5. The van der Waals surface area contributed by atoms with Crippen molar-refractivity contribution in [1.29, 1.82) is 0 Å². The molecule has 0 atom stereocenters. The van der Waals surface area contributed by atoms with Crippen LogP contribution in [0.3, 0.4) is 0 Å². The first-order chi connectivity index (χ1) is 18.9. The van der Waals surface area contributed by atoms with Crippen LogP contribution in [-0.4, -0.2) is 48.9 Å². The Bertz CT molecular complexity index is 1120. The molecular formula is C33H43NO5. The van der Waals surface area contributed by atoms with E-state index in [0.717, 1.165) is 58.7 Å². The van der Waals surface area contributed by atoms with E-state index in [2.05, 4.69) is 50.4 Å². The zero-order valence-corrected chi connectivity index (χ0v) is 23.5. The minimum atomic E-state index is -0.0252. The van der Waals surface area contributed by atoms with Gasteiger partial charge in [0.2, 0.25) is 0 Å². The first-order valence-electron chi connectivity index (χ1n) is 13.3. The first-order valence-corrected chi connectivity index (χ1v) is 13.3. The van der Waals surface area contributed by atoms with Crippen LogP contribution in [-0.2, 0) is 24.2 Å². The number of ether oxygens (including phenoxy) is 2. The Kier molecular flexibility index (Phi) is 14.0. The third kappa shape index (κ3) is 11.9. The van der Waals surface area contributed by atoms with Gasteiger partial charge in [0.15, 0.2) is 0 Å². The van der Waals surface area contributed by atoms with Gasteiger partial charge in [0.25, 0.3) is 0 Å². The highest BCUT2D eigenvalue weighted by molar-refractivity contribution is 5.71. The molecule has 0 unspecified atom stereocenters. The molecule has 0 radical (unpaired) electrons. The molecule has 0 aromatic heterocycles. The van der Waals surface area contributed by atoms with Gasteiger partial charge < -0.3 is 29.8 Å². The van der Waals surface area contributed by atoms with Crippen molar-refractivity contribution in [2.45, 2.75) is 52.2 Å². The van der Waals surface area contributed by atoms with Crippen molar-refractivity contribution in [3.05, 3.63) is 101 Å². The van der Waals surface area contributed by atoms with E-state index >= 15 is 0 Å². The van der Waals surface area contributed by atoms with Gasteiger partial charge in [-0.3, -0.25) is 0 Å². The summed E-state index contributed by atoms with van der Waals surface area (Å²) in [6.45, 7) is 10.4. The van der Waals surface area contributed by atoms with E-state index in [1.165, 1.54) is 0 Å². The Hall–Kier alpha value is -3.45. The standard InChI is InChI=1S/C32H41NO4.CH2O/c1-32(2,3)33-19-15-28(17-21-35)30-23-26(11-14-31(30)37-24-27-7-5-4-6-8-27)18-22-36-29-12-9-25(10-13-29)16-20-34;1-2/h4-14,17,23,33-35H,15-16,18-22,24H2,1-3H3;1H2/b28-17+;. The maximum atomic E-state index is 9.77. The van der Waals surface area contributed by atoms with Crippen LogP contribution in [0.2, 0.25) is 0 Å². The van der Waals surface area contributed by atoms with Crippen molar-refractivity contribution >= 4 is 12.4 Å². The monoisotopic (exact) mass is 533 g/mol. The van der Waals surface area contributed by atoms with Crippen LogP contribution >= 0.6 is 0 Å². The molecule has 3 rings (SSSR count). The molecule has 3 N–H and O–H groups in total. The molecule has 6 nitrogen and oxygen atoms in total. The molecule has 0 fully saturated rings. The lowest BCUT2D eigenvalue weighted by Crippen LogP contribution is -2.36. The molecule has 0 bridgehead atoms. The Morgan fingerprint density at radius 3 is 2.21 bits per heavy atom. The lowest BCUT2D eigenvalue weighted by atomic mass is 9.97. The highest BCUT2D eigenvalue weighted by atomic mass is 16.5. The van der Waals surface area contributed by atoms with Crippen molar-refractivity contribution in [2.24, 2.45) is 0 Å². The van der Waals surface area contributed by atoms with Crippen LogP contribution in [0.4, 0.5) is 0 Å². The number of hydrogen-bond acceptors (Lipinski definition) is 6. The minimum absolute atomic E-state index is 0.0203. The Labute approximate surface area is 233 Å². The van der Waals surface area contributed by atoms with Gasteiger partial charge in [0.05, 0.1) is 13.2 Å². The number of aliphatic hydroxyl groups excluding tert-OH is 2. The van der Waals surface area contributed by atoms with E-state index in [-0.39, 0.29) is 18.8 Å². The predicted molar refractivity (Wildman–Crippen MR) is 158 cm³/mol. The summed E-state index contributed by atoms with van der Waals surface area (Å²) < 4.78 is 12.2. The highest BCUT2D eigenvalue weighted by Gasteiger charge is 2.14. The number of carbonyl (C=O) groups excluding carboxylic acids is 1. The van der Waals surface area contributed by atoms with Gasteiger partial charge in [-0.05, 0) is 86.7 Å². The maximum absolute atomic E-state index is 9.77. The topological polar surface area (TPSA) is 88.0 Å². The zero-order chi connectivity index (χ0) is 28.5. The van der Waals surface area contributed by atoms with Gasteiger partial charge >= 0.3 is 0 Å². The Balaban J connectivity index is 0.00000260. The molecule has 0 amide bonds. The molecule has 0 aliphatic rings. The van der Waals surface area contributed by atoms with Gasteiger partial charge in [-0.15, -0.1) is 0 Å². The molecule has 210 valence electrons. The second-order valence-corrected chi connectivity index (χ2v) is 10.2. The molecule has 39 heavy (non-hydrogen) atoms. The molecule has 0 aliphatic heterocycles. The van der Waals surface area contributed by atoms with E-state index in [1.54, 1.807) is 0 Å². The summed E-state index contributed by atoms with van der Waals surface area (Å²) >= 11 is 0. The van der Waals surface area contributed by atoms with Crippen LogP contribution in [0.5, 0.6) is 11.5 Å². The number of hydrogen-bond donors (Lipinski definition) is 3. The molecule has 6 heteroatoms.